The Bertz CT molecular complexity index is 707. The van der Waals surface area contributed by atoms with Crippen molar-refractivity contribution in [1.29, 1.82) is 0 Å². The average Bonchev–Trinajstić information content (AvgIpc) is 3.21. The minimum absolute atomic E-state index is 0.160. The molecule has 1 fully saturated rings. The van der Waals surface area contributed by atoms with E-state index in [9.17, 15) is 19.5 Å². The molecule has 1 saturated heterocycles. The molecule has 0 saturated carbocycles. The lowest BCUT2D eigenvalue weighted by atomic mass is 10.0. The third-order valence-electron chi connectivity index (χ3n) is 5.22. The first-order valence-electron chi connectivity index (χ1n) is 10.8. The molecule has 1 unspecified atom stereocenters. The standard InChI is InChI=1S/C23H34N2O5/c1-4-9-20(26)21(27)24-18(14-16(2)3)22(28)25-13-8-12-19(25)23(29)30-15-17-10-6-5-7-11-17/h5-7,10-11,16,18-20,26H,4,8-9,12-15H2,1-3H3,(H,24,27)/t18-,19-,20?/m0/s1. The van der Waals surface area contributed by atoms with Crippen LogP contribution in [0, 0.1) is 5.92 Å². The van der Waals surface area contributed by atoms with Gasteiger partial charge in [-0.05, 0) is 37.2 Å². The van der Waals surface area contributed by atoms with E-state index in [4.69, 9.17) is 4.74 Å². The van der Waals surface area contributed by atoms with E-state index < -0.39 is 30.1 Å². The number of hydrogen-bond acceptors (Lipinski definition) is 5. The van der Waals surface area contributed by atoms with Crippen LogP contribution in [0.3, 0.4) is 0 Å². The lowest BCUT2D eigenvalue weighted by Crippen LogP contribution is -2.54. The Hall–Kier alpha value is -2.41. The summed E-state index contributed by atoms with van der Waals surface area (Å²) >= 11 is 0. The van der Waals surface area contributed by atoms with E-state index in [1.54, 1.807) is 0 Å². The molecule has 0 radical (unpaired) electrons. The van der Waals surface area contributed by atoms with Gasteiger partial charge in [0, 0.05) is 6.54 Å². The quantitative estimate of drug-likeness (QED) is 0.569. The second-order valence-electron chi connectivity index (χ2n) is 8.28. The number of ether oxygens (including phenoxy) is 1. The summed E-state index contributed by atoms with van der Waals surface area (Å²) in [4.78, 5) is 39.7. The fourth-order valence-electron chi connectivity index (χ4n) is 3.67. The van der Waals surface area contributed by atoms with Crippen molar-refractivity contribution in [2.45, 2.75) is 77.7 Å². The van der Waals surface area contributed by atoms with Crippen molar-refractivity contribution in [1.82, 2.24) is 10.2 Å². The summed E-state index contributed by atoms with van der Waals surface area (Å²) in [6.07, 6.45) is 1.55. The molecule has 0 spiro atoms. The molecular weight excluding hydrogens is 384 g/mol. The molecule has 3 atom stereocenters. The van der Waals surface area contributed by atoms with Crippen molar-refractivity contribution in [3.63, 3.8) is 0 Å². The Morgan fingerprint density at radius 2 is 1.93 bits per heavy atom. The van der Waals surface area contributed by atoms with E-state index in [-0.39, 0.29) is 18.4 Å². The Morgan fingerprint density at radius 1 is 1.23 bits per heavy atom. The first kappa shape index (κ1) is 23.9. The second-order valence-corrected chi connectivity index (χ2v) is 8.28. The Balaban J connectivity index is 2.03. The molecule has 1 aromatic carbocycles. The number of hydrogen-bond donors (Lipinski definition) is 2. The van der Waals surface area contributed by atoms with E-state index in [0.717, 1.165) is 5.56 Å². The number of rotatable bonds is 10. The van der Waals surface area contributed by atoms with Crippen LogP contribution >= 0.6 is 0 Å². The van der Waals surface area contributed by atoms with Crippen LogP contribution in [-0.2, 0) is 25.7 Å². The number of carbonyl (C=O) groups excluding carboxylic acids is 3. The van der Waals surface area contributed by atoms with E-state index in [0.29, 0.717) is 38.6 Å². The Kier molecular flexibility index (Phi) is 9.30. The van der Waals surface area contributed by atoms with Crippen molar-refractivity contribution in [2.24, 2.45) is 5.92 Å². The van der Waals surface area contributed by atoms with E-state index in [2.05, 4.69) is 5.32 Å². The summed E-state index contributed by atoms with van der Waals surface area (Å²) in [5, 5.41) is 12.6. The van der Waals surface area contributed by atoms with Crippen LogP contribution in [0.15, 0.2) is 30.3 Å². The van der Waals surface area contributed by atoms with Gasteiger partial charge in [0.15, 0.2) is 0 Å². The van der Waals surface area contributed by atoms with Crippen LogP contribution in [0.5, 0.6) is 0 Å². The van der Waals surface area contributed by atoms with Crippen molar-refractivity contribution < 1.29 is 24.2 Å². The molecule has 0 aliphatic carbocycles. The molecule has 2 amide bonds. The van der Waals surface area contributed by atoms with Gasteiger partial charge in [-0.15, -0.1) is 0 Å². The SMILES string of the molecule is CCCC(O)C(=O)N[C@@H](CC(C)C)C(=O)N1CCC[C@H]1C(=O)OCc1ccccc1. The van der Waals surface area contributed by atoms with Crippen molar-refractivity contribution in [3.05, 3.63) is 35.9 Å². The smallest absolute Gasteiger partial charge is 0.329 e. The topological polar surface area (TPSA) is 95.9 Å². The maximum Gasteiger partial charge on any atom is 0.329 e. The monoisotopic (exact) mass is 418 g/mol. The van der Waals surface area contributed by atoms with Gasteiger partial charge in [0.2, 0.25) is 11.8 Å². The normalized spacial score (nSPS) is 18.2. The van der Waals surface area contributed by atoms with E-state index >= 15 is 0 Å². The number of likely N-dealkylation sites (tertiary alicyclic amines) is 1. The summed E-state index contributed by atoms with van der Waals surface area (Å²) in [5.41, 5.74) is 0.886. The predicted octanol–water partition coefficient (Wildman–Crippen LogP) is 2.41. The molecule has 1 aromatic rings. The van der Waals surface area contributed by atoms with Crippen molar-refractivity contribution in [3.8, 4) is 0 Å². The highest BCUT2D eigenvalue weighted by Crippen LogP contribution is 2.22. The molecule has 166 valence electrons. The van der Waals surface area contributed by atoms with Gasteiger partial charge in [-0.25, -0.2) is 4.79 Å². The predicted molar refractivity (Wildman–Crippen MR) is 113 cm³/mol. The lowest BCUT2D eigenvalue weighted by molar-refractivity contribution is -0.155. The summed E-state index contributed by atoms with van der Waals surface area (Å²) in [7, 11) is 0. The number of esters is 1. The fourth-order valence-corrected chi connectivity index (χ4v) is 3.67. The Morgan fingerprint density at radius 3 is 2.57 bits per heavy atom. The summed E-state index contributed by atoms with van der Waals surface area (Å²) in [6, 6.07) is 7.98. The first-order chi connectivity index (χ1) is 14.3. The van der Waals surface area contributed by atoms with Crippen LogP contribution < -0.4 is 5.32 Å². The van der Waals surface area contributed by atoms with Gasteiger partial charge in [-0.2, -0.15) is 0 Å². The maximum absolute atomic E-state index is 13.2. The lowest BCUT2D eigenvalue weighted by Gasteiger charge is -2.29. The fraction of sp³-hybridized carbons (Fsp3) is 0.609. The zero-order valence-corrected chi connectivity index (χ0v) is 18.2. The largest absolute Gasteiger partial charge is 0.459 e. The maximum atomic E-state index is 13.2. The molecule has 7 heteroatoms. The van der Waals surface area contributed by atoms with Crippen LogP contribution in [0.25, 0.3) is 0 Å². The van der Waals surface area contributed by atoms with Gasteiger partial charge in [-0.1, -0.05) is 57.5 Å². The number of aliphatic hydroxyl groups is 1. The molecule has 0 aromatic heterocycles. The summed E-state index contributed by atoms with van der Waals surface area (Å²) in [6.45, 7) is 6.41. The van der Waals surface area contributed by atoms with Gasteiger partial charge < -0.3 is 20.1 Å². The van der Waals surface area contributed by atoms with Crippen LogP contribution in [0.4, 0.5) is 0 Å². The highest BCUT2D eigenvalue weighted by atomic mass is 16.5. The molecular formula is C23H34N2O5. The van der Waals surface area contributed by atoms with Crippen molar-refractivity contribution in [2.75, 3.05) is 6.54 Å². The molecule has 0 bridgehead atoms. The number of amides is 2. The zero-order valence-electron chi connectivity index (χ0n) is 18.2. The van der Waals surface area contributed by atoms with Gasteiger partial charge in [0.05, 0.1) is 0 Å². The minimum Gasteiger partial charge on any atom is -0.459 e. The average molecular weight is 419 g/mol. The van der Waals surface area contributed by atoms with Crippen molar-refractivity contribution >= 4 is 17.8 Å². The van der Waals surface area contributed by atoms with Gasteiger partial charge in [-0.3, -0.25) is 9.59 Å². The number of nitrogens with one attached hydrogen (secondary N) is 1. The third kappa shape index (κ3) is 6.83. The van der Waals surface area contributed by atoms with E-state index in [1.807, 2.05) is 51.1 Å². The zero-order chi connectivity index (χ0) is 22.1. The van der Waals surface area contributed by atoms with Gasteiger partial charge in [0.1, 0.15) is 24.8 Å². The molecule has 1 aliphatic rings. The third-order valence-corrected chi connectivity index (χ3v) is 5.22. The van der Waals surface area contributed by atoms with Crippen LogP contribution in [-0.4, -0.2) is 52.5 Å². The van der Waals surface area contributed by atoms with Crippen LogP contribution in [0.1, 0.15) is 58.4 Å². The summed E-state index contributed by atoms with van der Waals surface area (Å²) in [5.74, 6) is -1.10. The first-order valence-corrected chi connectivity index (χ1v) is 10.8. The minimum atomic E-state index is -1.14. The van der Waals surface area contributed by atoms with E-state index in [1.165, 1.54) is 4.90 Å². The Labute approximate surface area is 178 Å². The second kappa shape index (κ2) is 11.7. The molecule has 2 N–H and O–H groups in total. The summed E-state index contributed by atoms with van der Waals surface area (Å²) < 4.78 is 5.44. The van der Waals surface area contributed by atoms with Gasteiger partial charge >= 0.3 is 5.97 Å². The highest BCUT2D eigenvalue weighted by Gasteiger charge is 2.39. The van der Waals surface area contributed by atoms with Gasteiger partial charge in [0.25, 0.3) is 0 Å². The molecule has 2 rings (SSSR count). The number of aliphatic hydroxyl groups excluding tert-OH is 1. The highest BCUT2D eigenvalue weighted by molar-refractivity contribution is 5.92. The molecule has 30 heavy (non-hydrogen) atoms. The molecule has 7 nitrogen and oxygen atoms in total. The number of benzene rings is 1. The molecule has 1 heterocycles. The molecule has 1 aliphatic heterocycles. The number of nitrogens with zero attached hydrogens (tertiary/aromatic N) is 1. The number of carbonyl (C=O) groups is 3. The van der Waals surface area contributed by atoms with Crippen LogP contribution in [0.2, 0.25) is 0 Å².